The Kier molecular flexibility index (Phi) is 6.75. The van der Waals surface area contributed by atoms with E-state index in [1.165, 1.54) is 6.20 Å². The average molecular weight is 435 g/mol. The molecule has 1 N–H and O–H groups in total. The highest BCUT2D eigenvalue weighted by Gasteiger charge is 2.26. The quantitative estimate of drug-likeness (QED) is 0.717. The highest BCUT2D eigenvalue weighted by molar-refractivity contribution is 6.01. The normalized spacial score (nSPS) is 15.7. The molecule has 0 fully saturated rings. The molecule has 2 amide bonds. The molecule has 166 valence electrons. The summed E-state index contributed by atoms with van der Waals surface area (Å²) in [4.78, 5) is 23.7. The van der Waals surface area contributed by atoms with Crippen molar-refractivity contribution in [1.82, 2.24) is 9.97 Å². The molecule has 0 saturated heterocycles. The molecule has 0 unspecified atom stereocenters. The van der Waals surface area contributed by atoms with Gasteiger partial charge in [0.25, 0.3) is 0 Å². The van der Waals surface area contributed by atoms with E-state index in [4.69, 9.17) is 14.2 Å². The predicted octanol–water partition coefficient (Wildman–Crippen LogP) is 3.43. The number of pyridine rings is 2. The second kappa shape index (κ2) is 9.87. The molecule has 2 aliphatic rings. The highest BCUT2D eigenvalue weighted by Crippen LogP contribution is 2.29. The van der Waals surface area contributed by atoms with Crippen LogP contribution in [0.4, 0.5) is 16.4 Å². The number of carbonyl (C=O) groups is 1. The number of aromatic nitrogens is 2. The second-order valence-corrected chi connectivity index (χ2v) is 7.49. The molecule has 0 saturated carbocycles. The van der Waals surface area contributed by atoms with Gasteiger partial charge in [-0.2, -0.15) is 5.26 Å². The first-order valence-electron chi connectivity index (χ1n) is 10.5. The van der Waals surface area contributed by atoms with Gasteiger partial charge in [0.05, 0.1) is 24.5 Å². The summed E-state index contributed by atoms with van der Waals surface area (Å²) in [7, 11) is 3.09. The monoisotopic (exact) mass is 435 g/mol. The third-order valence-corrected chi connectivity index (χ3v) is 5.54. The van der Waals surface area contributed by atoms with Crippen LogP contribution in [0.5, 0.6) is 0 Å². The minimum atomic E-state index is -0.609. The van der Waals surface area contributed by atoms with E-state index in [2.05, 4.69) is 21.4 Å². The summed E-state index contributed by atoms with van der Waals surface area (Å²) < 4.78 is 16.0. The van der Waals surface area contributed by atoms with Gasteiger partial charge in [0, 0.05) is 32.5 Å². The lowest BCUT2D eigenvalue weighted by Gasteiger charge is -2.29. The number of rotatable bonds is 5. The molecular formula is C23H25N5O4. The van der Waals surface area contributed by atoms with E-state index in [1.807, 2.05) is 18.2 Å². The Morgan fingerprint density at radius 2 is 2.16 bits per heavy atom. The summed E-state index contributed by atoms with van der Waals surface area (Å²) in [6, 6.07) is 7.40. The molecule has 0 aromatic carbocycles. The molecule has 0 bridgehead atoms. The Morgan fingerprint density at radius 3 is 2.88 bits per heavy atom. The Hall–Kier alpha value is -3.32. The summed E-state index contributed by atoms with van der Waals surface area (Å²) in [5.74, 6) is 0.970. The standard InChI is InChI=1S/C23H25N5O4/c1-30-22(31-2)19-6-5-16-4-3-9-28(21(16)26-19)23(29)27-20-12-18(17(13-24)14-25-20)15-7-10-32-11-8-15/h5-7,12,14,22H,3-4,8-11H2,1-2H3,(H,25,27,29). The molecule has 4 rings (SSSR count). The molecule has 0 atom stereocenters. The number of hydrogen-bond donors (Lipinski definition) is 1. The van der Waals surface area contributed by atoms with Crippen LogP contribution in [-0.2, 0) is 20.6 Å². The predicted molar refractivity (Wildman–Crippen MR) is 118 cm³/mol. The lowest BCUT2D eigenvalue weighted by Crippen LogP contribution is -2.39. The lowest BCUT2D eigenvalue weighted by molar-refractivity contribution is -0.108. The fraction of sp³-hybridized carbons (Fsp3) is 0.391. The number of amides is 2. The molecule has 9 heteroatoms. The number of ether oxygens (including phenoxy) is 3. The summed E-state index contributed by atoms with van der Waals surface area (Å²) in [5, 5.41) is 12.3. The van der Waals surface area contributed by atoms with E-state index in [0.717, 1.165) is 29.5 Å². The Balaban J connectivity index is 1.60. The van der Waals surface area contributed by atoms with Gasteiger partial charge in [-0.15, -0.1) is 0 Å². The van der Waals surface area contributed by atoms with Gasteiger partial charge in [-0.05, 0) is 42.5 Å². The smallest absolute Gasteiger partial charge is 0.328 e. The van der Waals surface area contributed by atoms with Crippen LogP contribution in [0.2, 0.25) is 0 Å². The van der Waals surface area contributed by atoms with Crippen molar-refractivity contribution in [2.45, 2.75) is 25.6 Å². The van der Waals surface area contributed by atoms with Crippen molar-refractivity contribution in [2.75, 3.05) is 44.2 Å². The number of urea groups is 1. The summed E-state index contributed by atoms with van der Waals surface area (Å²) >= 11 is 0. The number of aryl methyl sites for hydroxylation is 1. The average Bonchev–Trinajstić information content (AvgIpc) is 2.85. The molecule has 2 aliphatic heterocycles. The van der Waals surface area contributed by atoms with Crippen molar-refractivity contribution < 1.29 is 19.0 Å². The van der Waals surface area contributed by atoms with Crippen molar-refractivity contribution in [2.24, 2.45) is 0 Å². The van der Waals surface area contributed by atoms with Gasteiger partial charge in [0.2, 0.25) is 6.29 Å². The Labute approximate surface area is 186 Å². The van der Waals surface area contributed by atoms with Crippen LogP contribution >= 0.6 is 0 Å². The van der Waals surface area contributed by atoms with Crippen molar-refractivity contribution in [1.29, 1.82) is 5.26 Å². The van der Waals surface area contributed by atoms with Gasteiger partial charge in [-0.25, -0.2) is 14.8 Å². The number of carbonyl (C=O) groups excluding carboxylic acids is 1. The highest BCUT2D eigenvalue weighted by atomic mass is 16.7. The maximum Gasteiger partial charge on any atom is 0.328 e. The molecule has 0 spiro atoms. The fourth-order valence-corrected chi connectivity index (χ4v) is 3.95. The molecule has 4 heterocycles. The first-order valence-corrected chi connectivity index (χ1v) is 10.5. The fourth-order valence-electron chi connectivity index (χ4n) is 3.95. The lowest BCUT2D eigenvalue weighted by atomic mass is 9.98. The molecule has 2 aromatic heterocycles. The zero-order valence-corrected chi connectivity index (χ0v) is 18.1. The van der Waals surface area contributed by atoms with Gasteiger partial charge in [0.1, 0.15) is 17.7 Å². The molecule has 2 aromatic rings. The molecule has 0 radical (unpaired) electrons. The van der Waals surface area contributed by atoms with Crippen molar-refractivity contribution in [3.63, 3.8) is 0 Å². The minimum Gasteiger partial charge on any atom is -0.377 e. The molecular weight excluding hydrogens is 410 g/mol. The molecule has 9 nitrogen and oxygen atoms in total. The summed E-state index contributed by atoms with van der Waals surface area (Å²) in [6.07, 6.45) is 5.22. The summed E-state index contributed by atoms with van der Waals surface area (Å²) in [6.45, 7) is 1.64. The van der Waals surface area contributed by atoms with E-state index in [-0.39, 0.29) is 6.03 Å². The number of methoxy groups -OCH3 is 2. The number of hydrogen-bond acceptors (Lipinski definition) is 7. The van der Waals surface area contributed by atoms with Crippen molar-refractivity contribution in [3.8, 4) is 6.07 Å². The van der Waals surface area contributed by atoms with E-state index >= 15 is 0 Å². The van der Waals surface area contributed by atoms with Crippen molar-refractivity contribution in [3.05, 3.63) is 52.9 Å². The number of anilines is 2. The van der Waals surface area contributed by atoms with E-state index in [1.54, 1.807) is 25.2 Å². The maximum atomic E-state index is 13.2. The minimum absolute atomic E-state index is 0.328. The van der Waals surface area contributed by atoms with Crippen LogP contribution in [-0.4, -0.2) is 50.0 Å². The third-order valence-electron chi connectivity index (χ3n) is 5.54. The first-order chi connectivity index (χ1) is 15.6. The topological polar surface area (TPSA) is 110 Å². The molecule has 0 aliphatic carbocycles. The van der Waals surface area contributed by atoms with Crippen LogP contribution in [0.15, 0.2) is 30.5 Å². The van der Waals surface area contributed by atoms with Gasteiger partial charge in [-0.3, -0.25) is 10.2 Å². The van der Waals surface area contributed by atoms with Crippen LogP contribution in [0, 0.1) is 11.3 Å². The first kappa shape index (κ1) is 21.9. The van der Waals surface area contributed by atoms with Gasteiger partial charge in [0.15, 0.2) is 0 Å². The Bertz CT molecular complexity index is 1070. The zero-order valence-electron chi connectivity index (χ0n) is 18.1. The molecule has 32 heavy (non-hydrogen) atoms. The Morgan fingerprint density at radius 1 is 1.31 bits per heavy atom. The maximum absolute atomic E-state index is 13.2. The number of fused-ring (bicyclic) bond motifs is 1. The number of nitriles is 1. The summed E-state index contributed by atoms with van der Waals surface area (Å²) in [5.41, 5.74) is 3.84. The number of nitrogens with zero attached hydrogens (tertiary/aromatic N) is 4. The third kappa shape index (κ3) is 4.48. The van der Waals surface area contributed by atoms with Gasteiger partial charge in [-0.1, -0.05) is 12.1 Å². The van der Waals surface area contributed by atoms with Crippen LogP contribution in [0.1, 0.15) is 41.5 Å². The van der Waals surface area contributed by atoms with Crippen LogP contribution in [0.25, 0.3) is 5.57 Å². The largest absolute Gasteiger partial charge is 0.377 e. The zero-order chi connectivity index (χ0) is 22.5. The van der Waals surface area contributed by atoms with Gasteiger partial charge < -0.3 is 14.2 Å². The second-order valence-electron chi connectivity index (χ2n) is 7.49. The van der Waals surface area contributed by atoms with E-state index < -0.39 is 6.29 Å². The van der Waals surface area contributed by atoms with Crippen molar-refractivity contribution >= 4 is 23.2 Å². The van der Waals surface area contributed by atoms with E-state index in [0.29, 0.717) is 49.1 Å². The van der Waals surface area contributed by atoms with Gasteiger partial charge >= 0.3 is 6.03 Å². The van der Waals surface area contributed by atoms with E-state index in [9.17, 15) is 10.1 Å². The number of nitrogens with one attached hydrogen (secondary N) is 1. The van der Waals surface area contributed by atoms with Crippen LogP contribution in [0.3, 0.4) is 0 Å². The van der Waals surface area contributed by atoms with Crippen LogP contribution < -0.4 is 10.2 Å². The SMILES string of the molecule is COC(OC)c1ccc2c(n1)N(C(=O)Nc1cc(C3=CCOCC3)c(C#N)cn1)CCC2.